The first-order valence-electron chi connectivity index (χ1n) is 4.87. The van der Waals surface area contributed by atoms with Crippen LogP contribution in [0.4, 0.5) is 8.78 Å². The average Bonchev–Trinajstić information content (AvgIpc) is 2.70. The lowest BCUT2D eigenvalue weighted by Crippen LogP contribution is -2.31. The highest BCUT2D eigenvalue weighted by Gasteiger charge is 2.35. The first-order chi connectivity index (χ1) is 8.12. The number of nitrogens with zero attached hydrogens (tertiary/aromatic N) is 1. The van der Waals surface area contributed by atoms with E-state index in [4.69, 9.17) is 10.3 Å². The minimum atomic E-state index is -3.78. The summed E-state index contributed by atoms with van der Waals surface area (Å²) in [5, 5.41) is 3.75. The van der Waals surface area contributed by atoms with E-state index < -0.39 is 6.29 Å². The third-order valence-corrected chi connectivity index (χ3v) is 1.95. The van der Waals surface area contributed by atoms with Crippen LogP contribution in [-0.4, -0.2) is 24.6 Å². The molecule has 0 spiro atoms. The second-order valence-electron chi connectivity index (χ2n) is 3.19. The fourth-order valence-corrected chi connectivity index (χ4v) is 1.26. The molecule has 0 aliphatic carbocycles. The van der Waals surface area contributed by atoms with Gasteiger partial charge >= 0.3 is 6.29 Å². The fourth-order valence-electron chi connectivity index (χ4n) is 1.26. The number of nitrogens with two attached hydrogens (primary N) is 1. The molecule has 17 heavy (non-hydrogen) atoms. The van der Waals surface area contributed by atoms with E-state index in [1.807, 2.05) is 0 Å². The first kappa shape index (κ1) is 11.7. The predicted molar refractivity (Wildman–Crippen MR) is 54.6 cm³/mol. The molecule has 0 aliphatic rings. The molecule has 0 fully saturated rings. The van der Waals surface area contributed by atoms with Crippen molar-refractivity contribution < 1.29 is 22.8 Å². The van der Waals surface area contributed by atoms with Crippen LogP contribution >= 0.6 is 0 Å². The zero-order valence-corrected chi connectivity index (χ0v) is 8.73. The summed E-state index contributed by atoms with van der Waals surface area (Å²) in [6, 6.07) is 6.50. The maximum Gasteiger partial charge on any atom is 0.536 e. The van der Waals surface area contributed by atoms with Gasteiger partial charge in [-0.3, -0.25) is 4.74 Å². The van der Waals surface area contributed by atoms with Crippen LogP contribution in [0.15, 0.2) is 28.8 Å². The van der Waals surface area contributed by atoms with Crippen LogP contribution in [0.5, 0.6) is 5.88 Å². The summed E-state index contributed by atoms with van der Waals surface area (Å²) < 4.78 is 39.5. The maximum atomic E-state index is 13.1. The van der Waals surface area contributed by atoms with Crippen molar-refractivity contribution in [1.82, 2.24) is 5.16 Å². The molecule has 1 aromatic heterocycles. The SMILES string of the molecule is NCCOC(F)(F)Oc1noc2ccccc12. The zero-order chi connectivity index (χ0) is 12.3. The summed E-state index contributed by atoms with van der Waals surface area (Å²) in [5.41, 5.74) is 5.41. The quantitative estimate of drug-likeness (QED) is 0.811. The van der Waals surface area contributed by atoms with E-state index in [-0.39, 0.29) is 19.0 Å². The van der Waals surface area contributed by atoms with E-state index in [1.165, 1.54) is 0 Å². The minimum absolute atomic E-state index is 0.0293. The molecule has 0 aliphatic heterocycles. The Kier molecular flexibility index (Phi) is 3.21. The van der Waals surface area contributed by atoms with Crippen molar-refractivity contribution >= 4 is 11.0 Å². The Hall–Kier alpha value is -1.73. The summed E-state index contributed by atoms with van der Waals surface area (Å²) in [6.45, 7) is -0.346. The van der Waals surface area contributed by atoms with Crippen LogP contribution in [-0.2, 0) is 4.74 Å². The van der Waals surface area contributed by atoms with Crippen LogP contribution in [0, 0.1) is 0 Å². The van der Waals surface area contributed by atoms with Gasteiger partial charge in [-0.1, -0.05) is 12.1 Å². The molecule has 2 N–H and O–H groups in total. The monoisotopic (exact) mass is 244 g/mol. The molecule has 5 nitrogen and oxygen atoms in total. The van der Waals surface area contributed by atoms with Gasteiger partial charge in [0.05, 0.1) is 12.0 Å². The molecule has 0 saturated carbocycles. The average molecular weight is 244 g/mol. The zero-order valence-electron chi connectivity index (χ0n) is 8.73. The Morgan fingerprint density at radius 1 is 1.35 bits per heavy atom. The van der Waals surface area contributed by atoms with Gasteiger partial charge in [0.25, 0.3) is 5.88 Å². The highest BCUT2D eigenvalue weighted by molar-refractivity contribution is 5.81. The van der Waals surface area contributed by atoms with Crippen molar-refractivity contribution in [3.63, 3.8) is 0 Å². The number of para-hydroxylation sites is 1. The van der Waals surface area contributed by atoms with Crippen LogP contribution in [0.1, 0.15) is 0 Å². The maximum absolute atomic E-state index is 13.1. The lowest BCUT2D eigenvalue weighted by Gasteiger charge is -2.14. The van der Waals surface area contributed by atoms with E-state index in [9.17, 15) is 8.78 Å². The molecular formula is C10H10F2N2O3. The number of halogens is 2. The first-order valence-corrected chi connectivity index (χ1v) is 4.87. The van der Waals surface area contributed by atoms with E-state index in [1.54, 1.807) is 24.3 Å². The van der Waals surface area contributed by atoms with Crippen molar-refractivity contribution in [2.75, 3.05) is 13.2 Å². The number of alkyl halides is 2. The normalized spacial score (nSPS) is 11.9. The minimum Gasteiger partial charge on any atom is -0.387 e. The van der Waals surface area contributed by atoms with Gasteiger partial charge in [-0.15, -0.1) is 8.78 Å². The number of hydrogen-bond donors (Lipinski definition) is 1. The molecule has 0 bridgehead atoms. The van der Waals surface area contributed by atoms with Gasteiger partial charge in [0.1, 0.15) is 0 Å². The Morgan fingerprint density at radius 2 is 2.12 bits per heavy atom. The molecule has 7 heteroatoms. The number of hydrogen-bond acceptors (Lipinski definition) is 5. The molecule has 2 rings (SSSR count). The van der Waals surface area contributed by atoms with Crippen molar-refractivity contribution in [3.8, 4) is 5.88 Å². The molecule has 1 heterocycles. The fraction of sp³-hybridized carbons (Fsp3) is 0.300. The van der Waals surface area contributed by atoms with Gasteiger partial charge in [0.2, 0.25) is 0 Å². The molecule has 0 saturated heterocycles. The van der Waals surface area contributed by atoms with Crippen LogP contribution in [0.3, 0.4) is 0 Å². The van der Waals surface area contributed by atoms with Gasteiger partial charge in [-0.05, 0) is 17.3 Å². The van der Waals surface area contributed by atoms with Crippen molar-refractivity contribution in [3.05, 3.63) is 24.3 Å². The van der Waals surface area contributed by atoms with E-state index in [0.717, 1.165) is 0 Å². The lowest BCUT2D eigenvalue weighted by atomic mass is 10.3. The van der Waals surface area contributed by atoms with Crippen molar-refractivity contribution in [2.45, 2.75) is 6.29 Å². The molecule has 92 valence electrons. The van der Waals surface area contributed by atoms with Crippen LogP contribution in [0.25, 0.3) is 11.0 Å². The van der Waals surface area contributed by atoms with Gasteiger partial charge < -0.3 is 15.0 Å². The molecule has 0 unspecified atom stereocenters. The summed E-state index contributed by atoms with van der Waals surface area (Å²) in [7, 11) is 0. The molecular weight excluding hydrogens is 234 g/mol. The second-order valence-corrected chi connectivity index (χ2v) is 3.19. The smallest absolute Gasteiger partial charge is 0.387 e. The number of aromatic nitrogens is 1. The van der Waals surface area contributed by atoms with Crippen LogP contribution in [0.2, 0.25) is 0 Å². The van der Waals surface area contributed by atoms with E-state index >= 15 is 0 Å². The Balaban J connectivity index is 2.18. The topological polar surface area (TPSA) is 70.5 Å². The van der Waals surface area contributed by atoms with E-state index in [2.05, 4.69) is 14.6 Å². The van der Waals surface area contributed by atoms with Gasteiger partial charge in [-0.25, -0.2) is 0 Å². The predicted octanol–water partition coefficient (Wildman–Crippen LogP) is 1.73. The van der Waals surface area contributed by atoms with Gasteiger partial charge in [-0.2, -0.15) is 0 Å². The Morgan fingerprint density at radius 3 is 2.88 bits per heavy atom. The molecule has 0 atom stereocenters. The largest absolute Gasteiger partial charge is 0.536 e. The molecule has 1 aromatic carbocycles. The van der Waals surface area contributed by atoms with Crippen molar-refractivity contribution in [2.24, 2.45) is 5.73 Å². The molecule has 0 amide bonds. The Labute approximate surface area is 95.1 Å². The Bertz CT molecular complexity index is 501. The highest BCUT2D eigenvalue weighted by atomic mass is 19.3. The standard InChI is InChI=1S/C10H10F2N2O3/c11-10(12,15-6-5-13)16-9-7-3-1-2-4-8(7)17-14-9/h1-4H,5-6,13H2. The summed E-state index contributed by atoms with van der Waals surface area (Å²) in [5.74, 6) is -0.317. The van der Waals surface area contributed by atoms with Gasteiger partial charge in [0.15, 0.2) is 5.58 Å². The van der Waals surface area contributed by atoms with Crippen LogP contribution < -0.4 is 10.5 Å². The summed E-state index contributed by atoms with van der Waals surface area (Å²) in [6.07, 6.45) is -3.78. The lowest BCUT2D eigenvalue weighted by molar-refractivity contribution is -0.353. The highest BCUT2D eigenvalue weighted by Crippen LogP contribution is 2.29. The number of benzene rings is 1. The summed E-state index contributed by atoms with van der Waals surface area (Å²) in [4.78, 5) is 0. The number of rotatable bonds is 5. The third kappa shape index (κ3) is 2.69. The molecule has 0 radical (unpaired) electrons. The van der Waals surface area contributed by atoms with Crippen molar-refractivity contribution in [1.29, 1.82) is 0 Å². The number of fused-ring (bicyclic) bond motifs is 1. The third-order valence-electron chi connectivity index (χ3n) is 1.95. The molecule has 2 aromatic rings. The summed E-state index contributed by atoms with van der Waals surface area (Å²) >= 11 is 0. The second kappa shape index (κ2) is 4.64. The van der Waals surface area contributed by atoms with Gasteiger partial charge in [0, 0.05) is 6.54 Å². The number of ether oxygens (including phenoxy) is 2. The van der Waals surface area contributed by atoms with E-state index in [0.29, 0.717) is 11.0 Å².